The third kappa shape index (κ3) is 3.18. The van der Waals surface area contributed by atoms with E-state index in [0.717, 1.165) is 12.8 Å². The van der Waals surface area contributed by atoms with E-state index in [4.69, 9.17) is 0 Å². The number of nitrogens with zero attached hydrogens (tertiary/aromatic N) is 2. The summed E-state index contributed by atoms with van der Waals surface area (Å²) >= 11 is 0. The van der Waals surface area contributed by atoms with E-state index in [1.807, 2.05) is 17.8 Å². The maximum absolute atomic E-state index is 11.4. The molecule has 0 N–H and O–H groups in total. The highest BCUT2D eigenvalue weighted by Crippen LogP contribution is 2.18. The van der Waals surface area contributed by atoms with Gasteiger partial charge in [0.1, 0.15) is 5.78 Å². The van der Waals surface area contributed by atoms with Gasteiger partial charge in [-0.25, -0.2) is 0 Å². The molecule has 0 aliphatic rings. The summed E-state index contributed by atoms with van der Waals surface area (Å²) < 4.78 is 1.87. The minimum atomic E-state index is 0.180. The summed E-state index contributed by atoms with van der Waals surface area (Å²) in [5.41, 5.74) is 1.20. The Morgan fingerprint density at radius 3 is 2.60 bits per heavy atom. The highest BCUT2D eigenvalue weighted by atomic mass is 16.1. The first-order valence-corrected chi connectivity index (χ1v) is 5.49. The quantitative estimate of drug-likeness (QED) is 0.743. The van der Waals surface area contributed by atoms with Crippen LogP contribution in [-0.2, 0) is 18.3 Å². The van der Waals surface area contributed by atoms with E-state index in [1.165, 1.54) is 5.69 Å². The molecule has 0 aliphatic heterocycles. The molecule has 0 fully saturated rings. The molecule has 1 aromatic rings. The van der Waals surface area contributed by atoms with Gasteiger partial charge in [-0.15, -0.1) is 0 Å². The first-order valence-electron chi connectivity index (χ1n) is 5.49. The van der Waals surface area contributed by atoms with Gasteiger partial charge in [-0.05, 0) is 31.7 Å². The van der Waals surface area contributed by atoms with Crippen LogP contribution in [0, 0.1) is 11.8 Å². The molecule has 0 aliphatic carbocycles. The predicted octanol–water partition coefficient (Wildman–Crippen LogP) is 2.21. The molecule has 1 heterocycles. The van der Waals surface area contributed by atoms with Crippen LogP contribution < -0.4 is 0 Å². The van der Waals surface area contributed by atoms with Crippen LogP contribution in [-0.4, -0.2) is 15.6 Å². The summed E-state index contributed by atoms with van der Waals surface area (Å²) in [5, 5.41) is 4.12. The van der Waals surface area contributed by atoms with Crippen molar-refractivity contribution in [2.75, 3.05) is 0 Å². The van der Waals surface area contributed by atoms with Crippen LogP contribution in [0.3, 0.4) is 0 Å². The molecule has 0 spiro atoms. The van der Waals surface area contributed by atoms with E-state index in [0.29, 0.717) is 11.7 Å². The summed E-state index contributed by atoms with van der Waals surface area (Å²) in [5.74, 6) is 0.905. The van der Waals surface area contributed by atoms with E-state index in [9.17, 15) is 4.79 Å². The second-order valence-corrected chi connectivity index (χ2v) is 4.45. The third-order valence-corrected chi connectivity index (χ3v) is 2.96. The van der Waals surface area contributed by atoms with Crippen molar-refractivity contribution in [1.29, 1.82) is 0 Å². The fourth-order valence-corrected chi connectivity index (χ4v) is 1.96. The zero-order valence-corrected chi connectivity index (χ0v) is 10.0. The van der Waals surface area contributed by atoms with Crippen molar-refractivity contribution in [2.24, 2.45) is 18.9 Å². The molecule has 15 heavy (non-hydrogen) atoms. The first kappa shape index (κ1) is 12.0. The van der Waals surface area contributed by atoms with E-state index in [2.05, 4.69) is 18.9 Å². The molecular weight excluding hydrogens is 188 g/mol. The second kappa shape index (κ2) is 5.10. The van der Waals surface area contributed by atoms with Crippen molar-refractivity contribution in [1.82, 2.24) is 9.78 Å². The van der Waals surface area contributed by atoms with E-state index in [1.54, 1.807) is 13.1 Å². The predicted molar refractivity (Wildman–Crippen MR) is 60.5 cm³/mol. The average molecular weight is 208 g/mol. The molecule has 1 unspecified atom stereocenters. The Bertz CT molecular complexity index is 328. The number of hydrogen-bond donors (Lipinski definition) is 0. The van der Waals surface area contributed by atoms with Crippen molar-refractivity contribution in [3.05, 3.63) is 18.0 Å². The van der Waals surface area contributed by atoms with Gasteiger partial charge in [0.05, 0.1) is 0 Å². The largest absolute Gasteiger partial charge is 0.300 e. The zero-order valence-electron chi connectivity index (χ0n) is 10.0. The Kier molecular flexibility index (Phi) is 4.06. The molecule has 0 bridgehead atoms. The number of rotatable bonds is 5. The lowest BCUT2D eigenvalue weighted by Crippen LogP contribution is -2.18. The van der Waals surface area contributed by atoms with Crippen LogP contribution in [0.2, 0.25) is 0 Å². The molecule has 3 nitrogen and oxygen atoms in total. The van der Waals surface area contributed by atoms with Gasteiger partial charge in [0.15, 0.2) is 0 Å². The molecule has 0 aromatic carbocycles. The van der Waals surface area contributed by atoms with Crippen LogP contribution in [0.15, 0.2) is 12.3 Å². The van der Waals surface area contributed by atoms with Crippen molar-refractivity contribution in [3.8, 4) is 0 Å². The number of hydrogen-bond acceptors (Lipinski definition) is 2. The molecule has 1 atom stereocenters. The van der Waals surface area contributed by atoms with Gasteiger partial charge in [0.2, 0.25) is 0 Å². The number of aryl methyl sites for hydroxylation is 2. The van der Waals surface area contributed by atoms with Gasteiger partial charge in [-0.1, -0.05) is 13.8 Å². The second-order valence-electron chi connectivity index (χ2n) is 4.45. The molecule has 3 heteroatoms. The molecule has 0 amide bonds. The summed E-state index contributed by atoms with van der Waals surface area (Å²) in [4.78, 5) is 11.4. The number of Topliss-reactive ketones (excluding diaryl/α,β-unsaturated/α-hetero) is 1. The topological polar surface area (TPSA) is 34.9 Å². The zero-order chi connectivity index (χ0) is 11.4. The Labute approximate surface area is 91.5 Å². The lowest BCUT2D eigenvalue weighted by atomic mass is 9.87. The van der Waals surface area contributed by atoms with E-state index < -0.39 is 0 Å². The Hall–Kier alpha value is -1.12. The maximum Gasteiger partial charge on any atom is 0.133 e. The minimum absolute atomic E-state index is 0.180. The first-order chi connectivity index (χ1) is 7.02. The normalized spacial score (nSPS) is 13.1. The summed E-state index contributed by atoms with van der Waals surface area (Å²) in [6.07, 6.45) is 3.65. The van der Waals surface area contributed by atoms with Crippen molar-refractivity contribution in [2.45, 2.75) is 33.6 Å². The molecule has 0 saturated carbocycles. The fourth-order valence-electron chi connectivity index (χ4n) is 1.96. The van der Waals surface area contributed by atoms with Gasteiger partial charge in [0.25, 0.3) is 0 Å². The van der Waals surface area contributed by atoms with Crippen LogP contribution in [0.4, 0.5) is 0 Å². The smallest absolute Gasteiger partial charge is 0.133 e. The number of aromatic nitrogens is 2. The van der Waals surface area contributed by atoms with Crippen LogP contribution in [0.5, 0.6) is 0 Å². The van der Waals surface area contributed by atoms with Crippen molar-refractivity contribution in [3.63, 3.8) is 0 Å². The molecule has 1 rings (SSSR count). The SMILES string of the molecule is CC(=O)C(CCc1ccnn1C)C(C)C. The van der Waals surface area contributed by atoms with Crippen molar-refractivity contribution < 1.29 is 4.79 Å². The van der Waals surface area contributed by atoms with E-state index in [-0.39, 0.29) is 5.92 Å². The monoisotopic (exact) mass is 208 g/mol. The van der Waals surface area contributed by atoms with Crippen LogP contribution in [0.1, 0.15) is 32.9 Å². The Morgan fingerprint density at radius 1 is 1.53 bits per heavy atom. The molecule has 0 saturated heterocycles. The Balaban J connectivity index is 2.55. The molecule has 1 aromatic heterocycles. The minimum Gasteiger partial charge on any atom is -0.300 e. The molecule has 84 valence electrons. The van der Waals surface area contributed by atoms with Crippen LogP contribution >= 0.6 is 0 Å². The summed E-state index contributed by atoms with van der Waals surface area (Å²) in [6.45, 7) is 5.90. The van der Waals surface area contributed by atoms with Gasteiger partial charge < -0.3 is 0 Å². The van der Waals surface area contributed by atoms with Gasteiger partial charge in [-0.3, -0.25) is 9.48 Å². The number of carbonyl (C=O) groups is 1. The third-order valence-electron chi connectivity index (χ3n) is 2.96. The molecular formula is C12H20N2O. The van der Waals surface area contributed by atoms with Crippen LogP contribution in [0.25, 0.3) is 0 Å². The standard InChI is InChI=1S/C12H20N2O/c1-9(2)12(10(3)15)6-5-11-7-8-13-14(11)4/h7-9,12H,5-6H2,1-4H3. The highest BCUT2D eigenvalue weighted by Gasteiger charge is 2.18. The van der Waals surface area contributed by atoms with Gasteiger partial charge >= 0.3 is 0 Å². The summed E-state index contributed by atoms with van der Waals surface area (Å²) in [7, 11) is 1.94. The van der Waals surface area contributed by atoms with Gasteiger partial charge in [-0.2, -0.15) is 5.10 Å². The fraction of sp³-hybridized carbons (Fsp3) is 0.667. The lowest BCUT2D eigenvalue weighted by molar-refractivity contribution is -0.122. The lowest BCUT2D eigenvalue weighted by Gasteiger charge is -2.17. The summed E-state index contributed by atoms with van der Waals surface area (Å²) in [6, 6.07) is 2.01. The highest BCUT2D eigenvalue weighted by molar-refractivity contribution is 5.78. The van der Waals surface area contributed by atoms with Gasteiger partial charge in [0, 0.05) is 24.9 Å². The Morgan fingerprint density at radius 2 is 2.20 bits per heavy atom. The van der Waals surface area contributed by atoms with Crippen molar-refractivity contribution >= 4 is 5.78 Å². The maximum atomic E-state index is 11.4. The number of carbonyl (C=O) groups excluding carboxylic acids is 1. The molecule has 0 radical (unpaired) electrons. The average Bonchev–Trinajstić information content (AvgIpc) is 2.51. The van der Waals surface area contributed by atoms with E-state index >= 15 is 0 Å². The number of ketones is 1.